The van der Waals surface area contributed by atoms with Crippen molar-refractivity contribution in [3.8, 4) is 5.69 Å². The van der Waals surface area contributed by atoms with Crippen LogP contribution in [0.5, 0.6) is 0 Å². The van der Waals surface area contributed by atoms with Crippen LogP contribution < -0.4 is 11.5 Å². The molecular formula is C18H24N6O3S. The molecule has 2 heterocycles. The number of nitrogens with zero attached hydrogens (tertiary/aromatic N) is 4. The predicted molar refractivity (Wildman–Crippen MR) is 108 cm³/mol. The maximum atomic E-state index is 12.0. The van der Waals surface area contributed by atoms with Gasteiger partial charge < -0.3 is 16.0 Å². The van der Waals surface area contributed by atoms with Crippen molar-refractivity contribution in [2.45, 2.75) is 30.3 Å². The highest BCUT2D eigenvalue weighted by Crippen LogP contribution is 2.23. The summed E-state index contributed by atoms with van der Waals surface area (Å²) in [5, 5.41) is 7.61. The molecule has 1 unspecified atom stereocenters. The van der Waals surface area contributed by atoms with E-state index in [2.05, 4.69) is 19.3 Å². The average Bonchev–Trinajstić information content (AvgIpc) is 3.32. The molecule has 0 amide bonds. The zero-order valence-corrected chi connectivity index (χ0v) is 16.4. The van der Waals surface area contributed by atoms with Crippen molar-refractivity contribution in [1.29, 1.82) is 0 Å². The van der Waals surface area contributed by atoms with E-state index in [1.54, 1.807) is 18.3 Å². The third kappa shape index (κ3) is 4.58. The number of benzene rings is 1. The Hall–Kier alpha value is -2.69. The summed E-state index contributed by atoms with van der Waals surface area (Å²) in [6.45, 7) is 1.62. The molecule has 0 spiro atoms. The molecule has 1 fully saturated rings. The van der Waals surface area contributed by atoms with Gasteiger partial charge in [0, 0.05) is 36.4 Å². The van der Waals surface area contributed by atoms with E-state index in [4.69, 9.17) is 11.5 Å². The van der Waals surface area contributed by atoms with E-state index >= 15 is 0 Å². The number of hydrogen-bond acceptors (Lipinski definition) is 6. The standard InChI is InChI=1S/C18H24N6O3S/c1-27-28(25,26)17-8-2-5-14(11-17)24-10-4-7-16(24)13-23-9-3-6-15(23)12-21-22-18(19)20/h2,4-5,7-8,10-12,15H,3,6,9,13H2,1H3,(H4,19,20,22)/b21-12+. The van der Waals surface area contributed by atoms with Crippen LogP contribution in [0.2, 0.25) is 0 Å². The molecule has 0 radical (unpaired) electrons. The monoisotopic (exact) mass is 404 g/mol. The number of likely N-dealkylation sites (tertiary alicyclic amines) is 1. The van der Waals surface area contributed by atoms with Crippen molar-refractivity contribution >= 4 is 22.3 Å². The first-order chi connectivity index (χ1) is 13.4. The third-order valence-electron chi connectivity index (χ3n) is 4.63. The van der Waals surface area contributed by atoms with Crippen LogP contribution in [-0.2, 0) is 20.8 Å². The summed E-state index contributed by atoms with van der Waals surface area (Å²) in [5.41, 5.74) is 12.4. The fraction of sp³-hybridized carbons (Fsp3) is 0.333. The first-order valence-corrected chi connectivity index (χ1v) is 10.2. The highest BCUT2D eigenvalue weighted by atomic mass is 32.2. The van der Waals surface area contributed by atoms with Crippen LogP contribution in [0.15, 0.2) is 57.7 Å². The molecule has 0 aliphatic carbocycles. The highest BCUT2D eigenvalue weighted by molar-refractivity contribution is 7.86. The van der Waals surface area contributed by atoms with Crippen molar-refractivity contribution in [2.24, 2.45) is 21.7 Å². The molecule has 1 aliphatic heterocycles. The van der Waals surface area contributed by atoms with E-state index in [1.165, 1.54) is 6.07 Å². The van der Waals surface area contributed by atoms with Crippen LogP contribution >= 0.6 is 0 Å². The Kier molecular flexibility index (Phi) is 6.12. The molecule has 9 nitrogen and oxygen atoms in total. The Morgan fingerprint density at radius 1 is 1.32 bits per heavy atom. The smallest absolute Gasteiger partial charge is 0.296 e. The molecule has 1 aromatic carbocycles. The quantitative estimate of drug-likeness (QED) is 0.307. The lowest BCUT2D eigenvalue weighted by molar-refractivity contribution is 0.292. The number of hydrogen-bond donors (Lipinski definition) is 2. The lowest BCUT2D eigenvalue weighted by Crippen LogP contribution is -2.31. The van der Waals surface area contributed by atoms with Gasteiger partial charge in [0.25, 0.3) is 10.1 Å². The molecule has 28 heavy (non-hydrogen) atoms. The molecule has 10 heteroatoms. The normalized spacial score (nSPS) is 18.0. The van der Waals surface area contributed by atoms with Gasteiger partial charge in [-0.2, -0.15) is 13.5 Å². The van der Waals surface area contributed by atoms with Crippen LogP contribution in [0.1, 0.15) is 18.5 Å². The maximum absolute atomic E-state index is 12.0. The van der Waals surface area contributed by atoms with Gasteiger partial charge in [-0.25, -0.2) is 0 Å². The first kappa shape index (κ1) is 20.1. The van der Waals surface area contributed by atoms with E-state index in [0.717, 1.165) is 37.9 Å². The summed E-state index contributed by atoms with van der Waals surface area (Å²) in [4.78, 5) is 2.41. The van der Waals surface area contributed by atoms with E-state index in [-0.39, 0.29) is 16.9 Å². The fourth-order valence-electron chi connectivity index (χ4n) is 3.28. The number of nitrogens with two attached hydrogens (primary N) is 2. The molecule has 4 N–H and O–H groups in total. The lowest BCUT2D eigenvalue weighted by atomic mass is 10.2. The van der Waals surface area contributed by atoms with Gasteiger partial charge in [-0.3, -0.25) is 9.08 Å². The largest absolute Gasteiger partial charge is 0.369 e. The van der Waals surface area contributed by atoms with E-state index in [0.29, 0.717) is 6.54 Å². The van der Waals surface area contributed by atoms with E-state index in [1.807, 2.05) is 29.0 Å². The third-order valence-corrected chi connectivity index (χ3v) is 5.90. The second kappa shape index (κ2) is 8.55. The molecule has 1 aliphatic rings. The predicted octanol–water partition coefficient (Wildman–Crippen LogP) is 1.04. The molecule has 1 saturated heterocycles. The maximum Gasteiger partial charge on any atom is 0.296 e. The molecule has 0 saturated carbocycles. The minimum atomic E-state index is -3.75. The lowest BCUT2D eigenvalue weighted by Gasteiger charge is -2.22. The first-order valence-electron chi connectivity index (χ1n) is 8.84. The van der Waals surface area contributed by atoms with Crippen LogP contribution in [0, 0.1) is 0 Å². The SMILES string of the molecule is COS(=O)(=O)c1cccc(-n2cccc2CN2CCCC2/C=N/N=C(N)N)c1. The molecule has 150 valence electrons. The second-order valence-electron chi connectivity index (χ2n) is 6.46. The van der Waals surface area contributed by atoms with Gasteiger partial charge in [-0.05, 0) is 49.7 Å². The zero-order chi connectivity index (χ0) is 20.1. The molecule has 1 aromatic heterocycles. The second-order valence-corrected chi connectivity index (χ2v) is 8.17. The number of guanidine groups is 1. The van der Waals surface area contributed by atoms with E-state index < -0.39 is 10.1 Å². The summed E-state index contributed by atoms with van der Waals surface area (Å²) in [5.74, 6) is -0.0689. The minimum Gasteiger partial charge on any atom is -0.369 e. The molecule has 3 rings (SSSR count). The Morgan fingerprint density at radius 3 is 2.89 bits per heavy atom. The van der Waals surface area contributed by atoms with Crippen molar-refractivity contribution in [1.82, 2.24) is 9.47 Å². The summed E-state index contributed by atoms with van der Waals surface area (Å²) >= 11 is 0. The number of aromatic nitrogens is 1. The molecule has 1 atom stereocenters. The van der Waals surface area contributed by atoms with Gasteiger partial charge in [0.1, 0.15) is 0 Å². The fourth-order valence-corrected chi connectivity index (χ4v) is 3.99. The van der Waals surface area contributed by atoms with Crippen molar-refractivity contribution in [3.63, 3.8) is 0 Å². The van der Waals surface area contributed by atoms with Gasteiger partial charge in [0.05, 0.1) is 12.0 Å². The van der Waals surface area contributed by atoms with Gasteiger partial charge in [-0.15, -0.1) is 5.10 Å². The topological polar surface area (TPSA) is 128 Å². The van der Waals surface area contributed by atoms with Crippen LogP contribution in [-0.4, -0.2) is 49.8 Å². The summed E-state index contributed by atoms with van der Waals surface area (Å²) in [6, 6.07) is 10.8. The van der Waals surface area contributed by atoms with Gasteiger partial charge >= 0.3 is 0 Å². The molecule has 0 bridgehead atoms. The van der Waals surface area contributed by atoms with Crippen molar-refractivity contribution in [2.75, 3.05) is 13.7 Å². The van der Waals surface area contributed by atoms with E-state index in [9.17, 15) is 8.42 Å². The zero-order valence-electron chi connectivity index (χ0n) is 15.6. The summed E-state index contributed by atoms with van der Waals surface area (Å²) < 4.78 is 30.6. The van der Waals surface area contributed by atoms with Crippen molar-refractivity contribution in [3.05, 3.63) is 48.3 Å². The summed E-state index contributed by atoms with van der Waals surface area (Å²) in [6.07, 6.45) is 5.70. The van der Waals surface area contributed by atoms with Gasteiger partial charge in [0.2, 0.25) is 5.96 Å². The minimum absolute atomic E-state index is 0.0689. The highest BCUT2D eigenvalue weighted by Gasteiger charge is 2.24. The average molecular weight is 404 g/mol. The Balaban J connectivity index is 1.82. The Morgan fingerprint density at radius 2 is 2.14 bits per heavy atom. The molecular weight excluding hydrogens is 380 g/mol. The number of rotatable bonds is 7. The Bertz CT molecular complexity index is 979. The van der Waals surface area contributed by atoms with Crippen LogP contribution in [0.25, 0.3) is 5.69 Å². The van der Waals surface area contributed by atoms with Gasteiger partial charge in [0.15, 0.2) is 0 Å². The molecule has 2 aromatic rings. The Labute approximate surface area is 164 Å². The summed E-state index contributed by atoms with van der Waals surface area (Å²) in [7, 11) is -2.59. The van der Waals surface area contributed by atoms with Gasteiger partial charge in [-0.1, -0.05) is 6.07 Å². The van der Waals surface area contributed by atoms with Crippen LogP contribution in [0.3, 0.4) is 0 Å². The van der Waals surface area contributed by atoms with Crippen molar-refractivity contribution < 1.29 is 12.6 Å². The van der Waals surface area contributed by atoms with Crippen LogP contribution in [0.4, 0.5) is 0 Å².